The van der Waals surface area contributed by atoms with Crippen LogP contribution in [0.1, 0.15) is 36.3 Å². The smallest absolute Gasteiger partial charge is 0.251 e. The Morgan fingerprint density at radius 1 is 1.27 bits per heavy atom. The van der Waals surface area contributed by atoms with Crippen molar-refractivity contribution in [3.63, 3.8) is 0 Å². The molecule has 0 saturated carbocycles. The molecule has 1 aromatic carbocycles. The van der Waals surface area contributed by atoms with Crippen molar-refractivity contribution in [2.24, 2.45) is 0 Å². The van der Waals surface area contributed by atoms with E-state index in [0.29, 0.717) is 27.9 Å². The van der Waals surface area contributed by atoms with Crippen LogP contribution in [0.25, 0.3) is 0 Å². The molecule has 0 unspecified atom stereocenters. The van der Waals surface area contributed by atoms with Crippen LogP contribution in [-0.2, 0) is 10.5 Å². The molecule has 8 heteroatoms. The Morgan fingerprint density at radius 2 is 2.08 bits per heavy atom. The van der Waals surface area contributed by atoms with E-state index in [2.05, 4.69) is 22.2 Å². The molecule has 0 atom stereocenters. The molecule has 1 amide bonds. The summed E-state index contributed by atoms with van der Waals surface area (Å²) >= 11 is 2.89. The number of nitrogens with one attached hydrogen (secondary N) is 2. The van der Waals surface area contributed by atoms with Gasteiger partial charge in [-0.1, -0.05) is 30.8 Å². The third kappa shape index (κ3) is 6.68. The van der Waals surface area contributed by atoms with Gasteiger partial charge in [-0.15, -0.1) is 0 Å². The zero-order valence-corrected chi connectivity index (χ0v) is 16.3. The summed E-state index contributed by atoms with van der Waals surface area (Å²) in [5.74, 6) is 1.51. The molecule has 2 rings (SSSR count). The number of ketones is 1. The number of benzene rings is 1. The molecule has 26 heavy (non-hydrogen) atoms. The number of rotatable bonds is 9. The van der Waals surface area contributed by atoms with Crippen LogP contribution in [0.2, 0.25) is 0 Å². The second-order valence-corrected chi connectivity index (χ2v) is 7.64. The lowest BCUT2D eigenvalue weighted by Crippen LogP contribution is -2.16. The highest BCUT2D eigenvalue weighted by molar-refractivity contribution is 7.99. The van der Waals surface area contributed by atoms with Gasteiger partial charge in [0.1, 0.15) is 0 Å². The van der Waals surface area contributed by atoms with Crippen LogP contribution in [0.3, 0.4) is 0 Å². The van der Waals surface area contributed by atoms with Crippen LogP contribution in [0.15, 0.2) is 40.3 Å². The largest absolute Gasteiger partial charge is 0.325 e. The maximum atomic E-state index is 12.1. The van der Waals surface area contributed by atoms with Gasteiger partial charge < -0.3 is 10.3 Å². The molecule has 2 N–H and O–H groups in total. The summed E-state index contributed by atoms with van der Waals surface area (Å²) in [6.45, 7) is 3.58. The van der Waals surface area contributed by atoms with Crippen molar-refractivity contribution in [3.8, 4) is 0 Å². The Labute approximate surface area is 160 Å². The first-order valence-corrected chi connectivity index (χ1v) is 10.3. The molecule has 2 aromatic rings. The van der Waals surface area contributed by atoms with Crippen molar-refractivity contribution in [3.05, 3.63) is 51.9 Å². The number of hydrogen-bond acceptors (Lipinski definition) is 6. The van der Waals surface area contributed by atoms with Crippen molar-refractivity contribution in [2.45, 2.75) is 31.2 Å². The van der Waals surface area contributed by atoms with Gasteiger partial charge in [-0.25, -0.2) is 4.98 Å². The van der Waals surface area contributed by atoms with E-state index in [9.17, 15) is 14.4 Å². The van der Waals surface area contributed by atoms with E-state index in [4.69, 9.17) is 0 Å². The Balaban J connectivity index is 1.93. The quantitative estimate of drug-likeness (QED) is 0.295. The standard InChI is InChI=1S/C18H21N3O3S2/c1-3-7-25-10-15-9-16(23)21-18(20-15)26-11-17(24)19-14-6-4-5-13(8-14)12(2)22/h4-6,8-9H,3,7,10-11H2,1-2H3,(H,19,24)(H,20,21,23). The predicted molar refractivity (Wildman–Crippen MR) is 107 cm³/mol. The van der Waals surface area contributed by atoms with E-state index in [-0.39, 0.29) is 23.0 Å². The second kappa shape index (κ2) is 10.2. The molecule has 138 valence electrons. The highest BCUT2D eigenvalue weighted by Gasteiger charge is 2.08. The lowest BCUT2D eigenvalue weighted by Gasteiger charge is -2.07. The number of H-pyrrole nitrogens is 1. The van der Waals surface area contributed by atoms with Gasteiger partial charge in [0.2, 0.25) is 5.91 Å². The minimum Gasteiger partial charge on any atom is -0.325 e. The highest BCUT2D eigenvalue weighted by atomic mass is 32.2. The van der Waals surface area contributed by atoms with Gasteiger partial charge in [0, 0.05) is 23.1 Å². The van der Waals surface area contributed by atoms with Gasteiger partial charge in [-0.3, -0.25) is 14.4 Å². The van der Waals surface area contributed by atoms with Gasteiger partial charge in [-0.05, 0) is 31.2 Å². The molecular weight excluding hydrogens is 370 g/mol. The fourth-order valence-corrected chi connectivity index (χ4v) is 3.58. The van der Waals surface area contributed by atoms with Crippen LogP contribution < -0.4 is 10.9 Å². The number of carbonyl (C=O) groups excluding carboxylic acids is 2. The van der Waals surface area contributed by atoms with E-state index in [1.54, 1.807) is 36.0 Å². The summed E-state index contributed by atoms with van der Waals surface area (Å²) < 4.78 is 0. The molecule has 0 fully saturated rings. The summed E-state index contributed by atoms with van der Waals surface area (Å²) in [6, 6.07) is 8.26. The predicted octanol–water partition coefficient (Wildman–Crippen LogP) is 3.35. The van der Waals surface area contributed by atoms with Gasteiger partial charge in [0.15, 0.2) is 10.9 Å². The number of Topliss-reactive ketones (excluding diaryl/α,β-unsaturated/α-hetero) is 1. The summed E-state index contributed by atoms with van der Waals surface area (Å²) in [5, 5.41) is 3.17. The lowest BCUT2D eigenvalue weighted by molar-refractivity contribution is -0.113. The van der Waals surface area contributed by atoms with E-state index >= 15 is 0 Å². The lowest BCUT2D eigenvalue weighted by atomic mass is 10.1. The van der Waals surface area contributed by atoms with Crippen molar-refractivity contribution >= 4 is 40.9 Å². The Kier molecular flexibility index (Phi) is 7.93. The van der Waals surface area contributed by atoms with Crippen molar-refractivity contribution < 1.29 is 9.59 Å². The van der Waals surface area contributed by atoms with Crippen molar-refractivity contribution in [2.75, 3.05) is 16.8 Å². The number of hydrogen-bond donors (Lipinski definition) is 2. The molecule has 6 nitrogen and oxygen atoms in total. The number of aromatic amines is 1. The monoisotopic (exact) mass is 391 g/mol. The molecule has 0 spiro atoms. The fraction of sp³-hybridized carbons (Fsp3) is 0.333. The maximum Gasteiger partial charge on any atom is 0.251 e. The zero-order valence-electron chi connectivity index (χ0n) is 14.7. The number of carbonyl (C=O) groups is 2. The van der Waals surface area contributed by atoms with E-state index < -0.39 is 0 Å². The Hall–Kier alpha value is -2.06. The second-order valence-electron chi connectivity index (χ2n) is 5.57. The van der Waals surface area contributed by atoms with Crippen LogP contribution in [-0.4, -0.2) is 33.2 Å². The molecule has 1 heterocycles. The highest BCUT2D eigenvalue weighted by Crippen LogP contribution is 2.16. The summed E-state index contributed by atoms with van der Waals surface area (Å²) in [4.78, 5) is 42.3. The zero-order chi connectivity index (χ0) is 18.9. The minimum absolute atomic E-state index is 0.0602. The van der Waals surface area contributed by atoms with Gasteiger partial charge in [0.25, 0.3) is 5.56 Å². The van der Waals surface area contributed by atoms with E-state index in [0.717, 1.165) is 12.2 Å². The van der Waals surface area contributed by atoms with Crippen LogP contribution in [0.4, 0.5) is 5.69 Å². The molecule has 0 aliphatic carbocycles. The summed E-state index contributed by atoms with van der Waals surface area (Å²) in [5.41, 5.74) is 1.60. The SMILES string of the molecule is CCCSCc1cc(=O)[nH]c(SCC(=O)Nc2cccc(C(C)=O)c2)n1. The fourth-order valence-electron chi connectivity index (χ4n) is 2.09. The topological polar surface area (TPSA) is 91.9 Å². The van der Waals surface area contributed by atoms with Crippen molar-refractivity contribution in [1.82, 2.24) is 9.97 Å². The number of aromatic nitrogens is 2. The minimum atomic E-state index is -0.232. The van der Waals surface area contributed by atoms with Gasteiger partial charge in [0.05, 0.1) is 11.4 Å². The number of thioether (sulfide) groups is 2. The molecule has 0 radical (unpaired) electrons. The average molecular weight is 392 g/mol. The number of nitrogens with zero attached hydrogens (tertiary/aromatic N) is 1. The van der Waals surface area contributed by atoms with Gasteiger partial charge >= 0.3 is 0 Å². The van der Waals surface area contributed by atoms with Gasteiger partial charge in [-0.2, -0.15) is 11.8 Å². The van der Waals surface area contributed by atoms with Crippen LogP contribution in [0, 0.1) is 0 Å². The molecule has 0 aliphatic heterocycles. The third-order valence-corrected chi connectivity index (χ3v) is 5.33. The van der Waals surface area contributed by atoms with E-state index in [1.165, 1.54) is 24.8 Å². The Morgan fingerprint density at radius 3 is 2.81 bits per heavy atom. The maximum absolute atomic E-state index is 12.1. The molecular formula is C18H21N3O3S2. The first-order chi connectivity index (χ1) is 12.5. The first-order valence-electron chi connectivity index (χ1n) is 8.19. The van der Waals surface area contributed by atoms with Crippen LogP contribution >= 0.6 is 23.5 Å². The normalized spacial score (nSPS) is 10.5. The first kappa shape index (κ1) is 20.3. The van der Waals surface area contributed by atoms with E-state index in [1.807, 2.05) is 0 Å². The number of anilines is 1. The summed E-state index contributed by atoms with van der Waals surface area (Å²) in [7, 11) is 0. The van der Waals surface area contributed by atoms with Crippen molar-refractivity contribution in [1.29, 1.82) is 0 Å². The molecule has 0 saturated heterocycles. The average Bonchev–Trinajstić information content (AvgIpc) is 2.60. The third-order valence-electron chi connectivity index (χ3n) is 3.26. The Bertz CT molecular complexity index is 836. The molecule has 0 bridgehead atoms. The molecule has 0 aliphatic rings. The molecule has 1 aromatic heterocycles. The number of amides is 1. The summed E-state index contributed by atoms with van der Waals surface area (Å²) in [6.07, 6.45) is 1.07. The van der Waals surface area contributed by atoms with Crippen LogP contribution in [0.5, 0.6) is 0 Å².